The highest BCUT2D eigenvalue weighted by Crippen LogP contribution is 2.03. The second-order valence-electron chi connectivity index (χ2n) is 4.38. The van der Waals surface area contributed by atoms with Crippen molar-refractivity contribution in [3.8, 4) is 0 Å². The lowest BCUT2D eigenvalue weighted by Gasteiger charge is -2.20. The van der Waals surface area contributed by atoms with Crippen LogP contribution in [0.1, 0.15) is 39.0 Å². The van der Waals surface area contributed by atoms with Crippen molar-refractivity contribution in [3.05, 3.63) is 0 Å². The molecule has 0 aromatic rings. The van der Waals surface area contributed by atoms with Gasteiger partial charge >= 0.3 is 0 Å². The second-order valence-corrected chi connectivity index (χ2v) is 4.38. The summed E-state index contributed by atoms with van der Waals surface area (Å²) < 4.78 is 0. The van der Waals surface area contributed by atoms with Gasteiger partial charge in [0.25, 0.3) is 0 Å². The van der Waals surface area contributed by atoms with Crippen molar-refractivity contribution in [3.63, 3.8) is 0 Å². The number of aliphatic hydroxyl groups is 2. The summed E-state index contributed by atoms with van der Waals surface area (Å²) in [6.07, 6.45) is 4.36. The molecule has 0 fully saturated rings. The SMILES string of the molecule is CC(O)(CO)CNC(=O)CCCCCCN. The number of hydrogen-bond acceptors (Lipinski definition) is 4. The summed E-state index contributed by atoms with van der Waals surface area (Å²) in [5.41, 5.74) is 4.12. The van der Waals surface area contributed by atoms with Crippen molar-refractivity contribution in [1.82, 2.24) is 5.32 Å². The lowest BCUT2D eigenvalue weighted by Crippen LogP contribution is -2.43. The first-order chi connectivity index (χ1) is 7.52. The minimum Gasteiger partial charge on any atom is -0.393 e. The summed E-state index contributed by atoms with van der Waals surface area (Å²) in [7, 11) is 0. The summed E-state index contributed by atoms with van der Waals surface area (Å²) in [6, 6.07) is 0. The van der Waals surface area contributed by atoms with Crippen LogP contribution in [0.25, 0.3) is 0 Å². The van der Waals surface area contributed by atoms with Crippen LogP contribution in [0, 0.1) is 0 Å². The molecule has 1 unspecified atom stereocenters. The molecule has 0 heterocycles. The molecule has 0 spiro atoms. The maximum Gasteiger partial charge on any atom is 0.220 e. The van der Waals surface area contributed by atoms with Crippen molar-refractivity contribution < 1.29 is 15.0 Å². The molecule has 5 N–H and O–H groups in total. The van der Waals surface area contributed by atoms with Gasteiger partial charge in [-0.15, -0.1) is 0 Å². The quantitative estimate of drug-likeness (QED) is 0.412. The van der Waals surface area contributed by atoms with E-state index in [1.165, 1.54) is 6.92 Å². The fourth-order valence-electron chi connectivity index (χ4n) is 1.22. The van der Waals surface area contributed by atoms with E-state index in [9.17, 15) is 9.90 Å². The lowest BCUT2D eigenvalue weighted by atomic mass is 10.1. The van der Waals surface area contributed by atoms with E-state index < -0.39 is 5.60 Å². The van der Waals surface area contributed by atoms with Gasteiger partial charge in [0.05, 0.1) is 6.61 Å². The van der Waals surface area contributed by atoms with Crippen LogP contribution in [-0.2, 0) is 4.79 Å². The molecule has 0 aliphatic heterocycles. The highest BCUT2D eigenvalue weighted by Gasteiger charge is 2.19. The third-order valence-electron chi connectivity index (χ3n) is 2.36. The predicted molar refractivity (Wildman–Crippen MR) is 62.9 cm³/mol. The molecule has 0 aliphatic rings. The zero-order valence-electron chi connectivity index (χ0n) is 10.0. The maximum absolute atomic E-state index is 11.3. The minimum atomic E-state index is -1.23. The Balaban J connectivity index is 3.45. The van der Waals surface area contributed by atoms with E-state index in [1.54, 1.807) is 0 Å². The standard InChI is InChI=1S/C11H24N2O3/c1-11(16,9-14)8-13-10(15)6-4-2-3-5-7-12/h14,16H,2-9,12H2,1H3,(H,13,15). The number of hydrogen-bond donors (Lipinski definition) is 4. The number of nitrogens with one attached hydrogen (secondary N) is 1. The number of nitrogens with two attached hydrogens (primary N) is 1. The Morgan fingerprint density at radius 1 is 1.31 bits per heavy atom. The molecular formula is C11H24N2O3. The molecule has 0 aromatic carbocycles. The Morgan fingerprint density at radius 2 is 1.94 bits per heavy atom. The van der Waals surface area contributed by atoms with Crippen molar-refractivity contribution in [1.29, 1.82) is 0 Å². The summed E-state index contributed by atoms with van der Waals surface area (Å²) in [6.45, 7) is 1.91. The number of carbonyl (C=O) groups excluding carboxylic acids is 1. The minimum absolute atomic E-state index is 0.0820. The van der Waals surface area contributed by atoms with E-state index in [2.05, 4.69) is 5.32 Å². The first-order valence-corrected chi connectivity index (χ1v) is 5.82. The largest absolute Gasteiger partial charge is 0.393 e. The zero-order valence-corrected chi connectivity index (χ0v) is 10.0. The van der Waals surface area contributed by atoms with Gasteiger partial charge in [0.2, 0.25) is 5.91 Å². The Hall–Kier alpha value is -0.650. The smallest absolute Gasteiger partial charge is 0.220 e. The van der Waals surface area contributed by atoms with E-state index >= 15 is 0 Å². The molecule has 0 saturated heterocycles. The molecule has 1 atom stereocenters. The molecule has 5 heteroatoms. The molecule has 0 radical (unpaired) electrons. The first kappa shape index (κ1) is 15.3. The van der Waals surface area contributed by atoms with Crippen molar-refractivity contribution in [2.24, 2.45) is 5.73 Å². The summed E-state index contributed by atoms with van der Waals surface area (Å²) in [5, 5.41) is 20.8. The third kappa shape index (κ3) is 8.64. The monoisotopic (exact) mass is 232 g/mol. The van der Waals surface area contributed by atoms with Crippen LogP contribution in [0.5, 0.6) is 0 Å². The van der Waals surface area contributed by atoms with Gasteiger partial charge in [-0.2, -0.15) is 0 Å². The van der Waals surface area contributed by atoms with Crippen molar-refractivity contribution >= 4 is 5.91 Å². The molecule has 0 aromatic heterocycles. The van der Waals surface area contributed by atoms with Crippen molar-refractivity contribution in [2.45, 2.75) is 44.6 Å². The van der Waals surface area contributed by atoms with E-state index in [-0.39, 0.29) is 19.1 Å². The van der Waals surface area contributed by atoms with Crippen LogP contribution in [0.2, 0.25) is 0 Å². The van der Waals surface area contributed by atoms with Crippen LogP contribution in [0.3, 0.4) is 0 Å². The van der Waals surface area contributed by atoms with Crippen molar-refractivity contribution in [2.75, 3.05) is 19.7 Å². The van der Waals surface area contributed by atoms with Crippen LogP contribution in [-0.4, -0.2) is 41.4 Å². The fraction of sp³-hybridized carbons (Fsp3) is 0.909. The third-order valence-corrected chi connectivity index (χ3v) is 2.36. The maximum atomic E-state index is 11.3. The summed E-state index contributed by atoms with van der Waals surface area (Å²) >= 11 is 0. The van der Waals surface area contributed by atoms with E-state index in [0.29, 0.717) is 13.0 Å². The number of rotatable bonds is 9. The normalized spacial score (nSPS) is 14.5. The Bertz CT molecular complexity index is 196. The van der Waals surface area contributed by atoms with Crippen LogP contribution >= 0.6 is 0 Å². The number of amides is 1. The zero-order chi connectivity index (χ0) is 12.4. The van der Waals surface area contributed by atoms with E-state index in [4.69, 9.17) is 10.8 Å². The highest BCUT2D eigenvalue weighted by atomic mass is 16.3. The topological polar surface area (TPSA) is 95.6 Å². The number of carbonyl (C=O) groups is 1. The van der Waals surface area contributed by atoms with Crippen LogP contribution in [0.15, 0.2) is 0 Å². The Labute approximate surface area is 97.0 Å². The molecule has 0 bridgehead atoms. The van der Waals surface area contributed by atoms with Gasteiger partial charge in [0, 0.05) is 13.0 Å². The number of unbranched alkanes of at least 4 members (excludes halogenated alkanes) is 3. The second kappa shape index (κ2) is 8.50. The molecule has 0 aliphatic carbocycles. The Morgan fingerprint density at radius 3 is 2.50 bits per heavy atom. The van der Waals surface area contributed by atoms with E-state index in [1.807, 2.05) is 0 Å². The highest BCUT2D eigenvalue weighted by molar-refractivity contribution is 5.75. The average molecular weight is 232 g/mol. The molecule has 0 rings (SSSR count). The molecular weight excluding hydrogens is 208 g/mol. The molecule has 1 amide bonds. The van der Waals surface area contributed by atoms with Gasteiger partial charge < -0.3 is 21.3 Å². The van der Waals surface area contributed by atoms with Gasteiger partial charge in [-0.05, 0) is 26.3 Å². The van der Waals surface area contributed by atoms with Crippen LogP contribution in [0.4, 0.5) is 0 Å². The van der Waals surface area contributed by atoms with Gasteiger partial charge in [-0.1, -0.05) is 12.8 Å². The van der Waals surface area contributed by atoms with Gasteiger partial charge in [0.15, 0.2) is 0 Å². The van der Waals surface area contributed by atoms with Crippen LogP contribution < -0.4 is 11.1 Å². The van der Waals surface area contributed by atoms with Gasteiger partial charge in [0.1, 0.15) is 5.60 Å². The Kier molecular flexibility index (Phi) is 8.15. The average Bonchev–Trinajstić information content (AvgIpc) is 2.26. The fourth-order valence-corrected chi connectivity index (χ4v) is 1.22. The lowest BCUT2D eigenvalue weighted by molar-refractivity contribution is -0.122. The van der Waals surface area contributed by atoms with Gasteiger partial charge in [-0.3, -0.25) is 4.79 Å². The molecule has 5 nitrogen and oxygen atoms in total. The molecule has 0 saturated carbocycles. The summed E-state index contributed by atoms with van der Waals surface area (Å²) in [4.78, 5) is 11.3. The molecule has 16 heavy (non-hydrogen) atoms. The number of aliphatic hydroxyl groups excluding tert-OH is 1. The predicted octanol–water partition coefficient (Wildman–Crippen LogP) is -0.245. The molecule has 96 valence electrons. The van der Waals surface area contributed by atoms with E-state index in [0.717, 1.165) is 25.7 Å². The van der Waals surface area contributed by atoms with Gasteiger partial charge in [-0.25, -0.2) is 0 Å². The summed E-state index contributed by atoms with van der Waals surface area (Å²) in [5.74, 6) is -0.0820. The first-order valence-electron chi connectivity index (χ1n) is 5.82.